The van der Waals surface area contributed by atoms with Crippen LogP contribution in [0.4, 0.5) is 30.8 Å². The fourth-order valence-corrected chi connectivity index (χ4v) is 3.77. The largest absolute Gasteiger partial charge is 0.393 e. The summed E-state index contributed by atoms with van der Waals surface area (Å²) >= 11 is 0. The lowest BCUT2D eigenvalue weighted by Gasteiger charge is -2.26. The molecule has 5 rings (SSSR count). The summed E-state index contributed by atoms with van der Waals surface area (Å²) in [5.74, 6) is -3.31. The molecule has 1 aliphatic carbocycles. The first kappa shape index (κ1) is 16.7. The number of anilines is 3. The molecule has 2 fully saturated rings. The summed E-state index contributed by atoms with van der Waals surface area (Å²) in [6, 6.07) is -0.203. The summed E-state index contributed by atoms with van der Waals surface area (Å²) in [5, 5.41) is 15.4. The Kier molecular flexibility index (Phi) is 4.45. The summed E-state index contributed by atoms with van der Waals surface area (Å²) in [6.07, 6.45) is -4.37. The van der Waals surface area contributed by atoms with Gasteiger partial charge in [0.1, 0.15) is 17.0 Å². The van der Waals surface area contributed by atoms with Crippen molar-refractivity contribution in [3.8, 4) is 0 Å². The maximum Gasteiger partial charge on any atom is 0.224 e. The van der Waals surface area contributed by atoms with Gasteiger partial charge in [-0.15, -0.1) is 0 Å². The van der Waals surface area contributed by atoms with E-state index in [2.05, 4.69) is 25.6 Å². The molecular formula is C21H23F3N6O2. The number of nitrogens with zero attached hydrogens (tertiary/aromatic N) is 4. The number of aliphatic hydroxyl groups is 1. The van der Waals surface area contributed by atoms with Gasteiger partial charge >= 0.3 is 0 Å². The number of hydrogen-bond donors (Lipinski definition) is 3. The SMILES string of the molecule is [2H]C1CC(O)C([2H])([2H])C([2H])C1Nc1ncc2nc(Nc3c(F)cc(F)cc3F)n(C3CCOC3)c2n1. The highest BCUT2D eigenvalue weighted by Gasteiger charge is 2.27. The van der Waals surface area contributed by atoms with Gasteiger partial charge in [-0.05, 0) is 32.0 Å². The van der Waals surface area contributed by atoms with Crippen LogP contribution in [0.2, 0.25) is 0 Å². The number of nitrogens with one attached hydrogen (secondary N) is 2. The average molecular weight is 452 g/mol. The molecule has 3 heterocycles. The van der Waals surface area contributed by atoms with E-state index in [1.54, 1.807) is 4.57 Å². The quantitative estimate of drug-likeness (QED) is 0.544. The number of ether oxygens (including phenoxy) is 1. The van der Waals surface area contributed by atoms with E-state index in [9.17, 15) is 18.3 Å². The molecule has 1 saturated heterocycles. The summed E-state index contributed by atoms with van der Waals surface area (Å²) in [5.41, 5.74) is -0.0391. The Hall–Kier alpha value is -2.92. The molecule has 1 aromatic carbocycles. The Morgan fingerprint density at radius 3 is 2.72 bits per heavy atom. The Morgan fingerprint density at radius 1 is 1.16 bits per heavy atom. The van der Waals surface area contributed by atoms with Gasteiger partial charge in [0, 0.05) is 30.3 Å². The lowest BCUT2D eigenvalue weighted by atomic mass is 9.93. The van der Waals surface area contributed by atoms with Gasteiger partial charge in [-0.1, -0.05) is 0 Å². The minimum Gasteiger partial charge on any atom is -0.393 e. The molecule has 1 saturated carbocycles. The average Bonchev–Trinajstić information content (AvgIpc) is 3.45. The molecule has 5 atom stereocenters. The number of fused-ring (bicyclic) bond motifs is 1. The van der Waals surface area contributed by atoms with Crippen LogP contribution in [0.15, 0.2) is 18.3 Å². The number of imidazole rings is 1. The molecule has 0 bridgehead atoms. The fraction of sp³-hybridized carbons (Fsp3) is 0.476. The summed E-state index contributed by atoms with van der Waals surface area (Å²) in [6.45, 7) is 0.728. The van der Waals surface area contributed by atoms with Gasteiger partial charge < -0.3 is 20.5 Å². The van der Waals surface area contributed by atoms with Crippen molar-refractivity contribution in [2.24, 2.45) is 0 Å². The van der Waals surface area contributed by atoms with E-state index in [4.69, 9.17) is 10.2 Å². The zero-order valence-electron chi connectivity index (χ0n) is 20.7. The lowest BCUT2D eigenvalue weighted by Crippen LogP contribution is -2.29. The summed E-state index contributed by atoms with van der Waals surface area (Å²) in [4.78, 5) is 13.0. The molecule has 3 aromatic rings. The minimum atomic E-state index is -2.23. The second kappa shape index (κ2) is 8.55. The number of halogens is 3. The van der Waals surface area contributed by atoms with Crippen molar-refractivity contribution < 1.29 is 28.5 Å². The van der Waals surface area contributed by atoms with Crippen molar-refractivity contribution in [1.82, 2.24) is 19.5 Å². The van der Waals surface area contributed by atoms with Crippen molar-refractivity contribution in [2.45, 2.75) is 50.2 Å². The molecule has 11 heteroatoms. The Bertz CT molecular complexity index is 1270. The van der Waals surface area contributed by atoms with Gasteiger partial charge in [0.25, 0.3) is 0 Å². The highest BCUT2D eigenvalue weighted by Crippen LogP contribution is 2.32. The van der Waals surface area contributed by atoms with E-state index in [1.807, 2.05) is 0 Å². The normalized spacial score (nSPS) is 31.6. The number of rotatable bonds is 5. The molecule has 0 spiro atoms. The predicted octanol–water partition coefficient (Wildman–Crippen LogP) is 3.66. The van der Waals surface area contributed by atoms with Gasteiger partial charge in [-0.2, -0.15) is 4.98 Å². The van der Waals surface area contributed by atoms with Crippen LogP contribution in [0.5, 0.6) is 0 Å². The molecule has 0 amide bonds. The third-order valence-electron chi connectivity index (χ3n) is 5.32. The molecule has 2 aromatic heterocycles. The number of aliphatic hydroxyl groups excluding tert-OH is 1. The molecule has 8 nitrogen and oxygen atoms in total. The topological polar surface area (TPSA) is 97.1 Å². The van der Waals surface area contributed by atoms with Crippen molar-refractivity contribution in [1.29, 1.82) is 0 Å². The maximum atomic E-state index is 14.3. The molecule has 1 aliphatic heterocycles. The van der Waals surface area contributed by atoms with Crippen LogP contribution >= 0.6 is 0 Å². The Labute approximate surface area is 187 Å². The van der Waals surface area contributed by atoms with E-state index in [1.165, 1.54) is 6.20 Å². The Morgan fingerprint density at radius 2 is 1.97 bits per heavy atom. The first-order valence-corrected chi connectivity index (χ1v) is 10.1. The van der Waals surface area contributed by atoms with Crippen LogP contribution in [-0.4, -0.2) is 50.0 Å². The van der Waals surface area contributed by atoms with Gasteiger partial charge in [-0.25, -0.2) is 23.1 Å². The van der Waals surface area contributed by atoms with E-state index >= 15 is 0 Å². The van der Waals surface area contributed by atoms with Crippen molar-refractivity contribution >= 4 is 28.7 Å². The second-order valence-electron chi connectivity index (χ2n) is 7.59. The van der Waals surface area contributed by atoms with Crippen molar-refractivity contribution in [2.75, 3.05) is 23.8 Å². The molecule has 170 valence electrons. The van der Waals surface area contributed by atoms with E-state index in [-0.39, 0.29) is 42.1 Å². The number of aromatic nitrogens is 4. The van der Waals surface area contributed by atoms with E-state index in [0.29, 0.717) is 25.2 Å². The third-order valence-corrected chi connectivity index (χ3v) is 5.32. The van der Waals surface area contributed by atoms with Crippen LogP contribution in [0.1, 0.15) is 43.5 Å². The molecular weight excluding hydrogens is 425 g/mol. The monoisotopic (exact) mass is 452 g/mol. The standard InChI is InChI=1S/C21H23F3N6O2/c22-11-7-15(23)18(16(24)8-11)28-21-27-17-9-25-20(26-12-1-3-14(31)4-2-12)29-19(17)30(21)13-5-6-32-10-13/h7-9,12-14,31H,1-6,10H2,(H,27,28)(H,25,26,29)/i1D,2D,3D2. The van der Waals surface area contributed by atoms with E-state index in [0.717, 1.165) is 0 Å². The molecule has 32 heavy (non-hydrogen) atoms. The molecule has 5 unspecified atom stereocenters. The van der Waals surface area contributed by atoms with Crippen LogP contribution in [-0.2, 0) is 4.74 Å². The van der Waals surface area contributed by atoms with Crippen LogP contribution in [0.25, 0.3) is 11.2 Å². The first-order chi connectivity index (χ1) is 17.1. The highest BCUT2D eigenvalue weighted by molar-refractivity contribution is 5.76. The molecule has 3 N–H and O–H groups in total. The Balaban J connectivity index is 1.53. The van der Waals surface area contributed by atoms with Gasteiger partial charge in [0.2, 0.25) is 11.9 Å². The van der Waals surface area contributed by atoms with Gasteiger partial charge in [-0.3, -0.25) is 4.57 Å². The highest BCUT2D eigenvalue weighted by atomic mass is 19.1. The fourth-order valence-electron chi connectivity index (χ4n) is 3.77. The van der Waals surface area contributed by atoms with Crippen molar-refractivity contribution in [3.63, 3.8) is 0 Å². The maximum absolute atomic E-state index is 14.3. The minimum absolute atomic E-state index is 0.0000478. The summed E-state index contributed by atoms with van der Waals surface area (Å²) in [7, 11) is 0. The number of hydrogen-bond acceptors (Lipinski definition) is 7. The smallest absolute Gasteiger partial charge is 0.224 e. The van der Waals surface area contributed by atoms with Gasteiger partial charge in [0.05, 0.1) is 24.9 Å². The van der Waals surface area contributed by atoms with Crippen LogP contribution < -0.4 is 10.6 Å². The van der Waals surface area contributed by atoms with Crippen molar-refractivity contribution in [3.05, 3.63) is 35.8 Å². The second-order valence-corrected chi connectivity index (χ2v) is 7.59. The van der Waals surface area contributed by atoms with Crippen LogP contribution in [0, 0.1) is 17.5 Å². The lowest BCUT2D eigenvalue weighted by molar-refractivity contribution is 0.126. The first-order valence-electron chi connectivity index (χ1n) is 12.2. The van der Waals surface area contributed by atoms with Crippen LogP contribution in [0.3, 0.4) is 0 Å². The third kappa shape index (κ3) is 4.09. The predicted molar refractivity (Wildman–Crippen MR) is 111 cm³/mol. The molecule has 2 aliphatic rings. The zero-order valence-corrected chi connectivity index (χ0v) is 16.7. The zero-order chi connectivity index (χ0) is 25.8. The molecule has 0 radical (unpaired) electrons. The summed E-state index contributed by atoms with van der Waals surface area (Å²) < 4.78 is 81.6. The van der Waals surface area contributed by atoms with E-state index < -0.39 is 54.5 Å². The van der Waals surface area contributed by atoms with Gasteiger partial charge in [0.15, 0.2) is 17.3 Å². The number of benzene rings is 1.